The fraction of sp³-hybridized carbons (Fsp3) is 0.178. The zero-order valence-electron chi connectivity index (χ0n) is 29.7. The molecule has 0 amide bonds. The predicted molar refractivity (Wildman–Crippen MR) is 209 cm³/mol. The third-order valence-electron chi connectivity index (χ3n) is 9.59. The zero-order valence-corrected chi connectivity index (χ0v) is 29.7. The number of hydrogen-bond acceptors (Lipinski definition) is 7. The lowest BCUT2D eigenvalue weighted by Gasteiger charge is -2.46. The summed E-state index contributed by atoms with van der Waals surface area (Å²) in [5.74, 6) is 13.7. The second-order valence-electron chi connectivity index (χ2n) is 13.3. The SMILES string of the molecule is CC(C)C(NCc1ccc(-c2ccccc2C(NN)N(N)C(c2ccccc2)(c2ccccc2)c2ccccc2)cc1)C(=O)OCc1ccccc1. The van der Waals surface area contributed by atoms with E-state index in [0.29, 0.717) is 6.54 Å². The molecule has 2 atom stereocenters. The maximum atomic E-state index is 13.0. The molecule has 2 unspecified atom stereocenters. The van der Waals surface area contributed by atoms with Crippen LogP contribution >= 0.6 is 0 Å². The van der Waals surface area contributed by atoms with Gasteiger partial charge in [-0.25, -0.2) is 10.4 Å². The van der Waals surface area contributed by atoms with Gasteiger partial charge in [0.25, 0.3) is 0 Å². The Morgan fingerprint density at radius 1 is 0.654 bits per heavy atom. The number of esters is 1. The van der Waals surface area contributed by atoms with Gasteiger partial charge in [-0.15, -0.1) is 0 Å². The fourth-order valence-corrected chi connectivity index (χ4v) is 6.94. The number of hydrogen-bond donors (Lipinski definition) is 4. The van der Waals surface area contributed by atoms with Gasteiger partial charge in [0.2, 0.25) is 0 Å². The summed E-state index contributed by atoms with van der Waals surface area (Å²) in [6, 6.07) is 56.8. The highest BCUT2D eigenvalue weighted by molar-refractivity contribution is 5.76. The van der Waals surface area contributed by atoms with Crippen LogP contribution in [0.2, 0.25) is 0 Å². The first kappa shape index (κ1) is 36.4. The van der Waals surface area contributed by atoms with Crippen LogP contribution in [0.5, 0.6) is 0 Å². The smallest absolute Gasteiger partial charge is 0.323 e. The molecule has 264 valence electrons. The maximum absolute atomic E-state index is 13.0. The zero-order chi connectivity index (χ0) is 36.3. The van der Waals surface area contributed by atoms with E-state index >= 15 is 0 Å². The van der Waals surface area contributed by atoms with Crippen LogP contribution in [-0.4, -0.2) is 17.0 Å². The van der Waals surface area contributed by atoms with Crippen LogP contribution in [0.15, 0.2) is 170 Å². The van der Waals surface area contributed by atoms with Crippen molar-refractivity contribution in [2.45, 2.75) is 44.7 Å². The van der Waals surface area contributed by atoms with Gasteiger partial charge in [0, 0.05) is 6.54 Å². The molecule has 6 N–H and O–H groups in total. The van der Waals surface area contributed by atoms with Crippen molar-refractivity contribution in [3.05, 3.63) is 203 Å². The standard InChI is InChI=1S/C45H47N5O2/c1-33(2)42(44(51)52-32-35-17-7-3-8-18-35)48-31-34-27-29-36(30-28-34)40-25-15-16-26-41(40)43(49-46)50(47)45(37-19-9-4-10-20-37,38-21-11-5-12-22-38)39-23-13-6-14-24-39/h3-30,33,42-43,48-49H,31-32,46-47H2,1-2H3. The Kier molecular flexibility index (Phi) is 12.0. The van der Waals surface area contributed by atoms with E-state index in [1.807, 2.05) is 116 Å². The van der Waals surface area contributed by atoms with Gasteiger partial charge in [0.1, 0.15) is 24.4 Å². The summed E-state index contributed by atoms with van der Waals surface area (Å²) in [7, 11) is 0. The van der Waals surface area contributed by atoms with E-state index < -0.39 is 17.7 Å². The number of carbonyl (C=O) groups excluding carboxylic acids is 1. The van der Waals surface area contributed by atoms with Crippen LogP contribution in [0.4, 0.5) is 0 Å². The fourth-order valence-electron chi connectivity index (χ4n) is 6.94. The summed E-state index contributed by atoms with van der Waals surface area (Å²) in [5.41, 5.74) is 10.1. The lowest BCUT2D eigenvalue weighted by atomic mass is 9.75. The van der Waals surface area contributed by atoms with Crippen molar-refractivity contribution in [3.63, 3.8) is 0 Å². The van der Waals surface area contributed by atoms with Crippen LogP contribution < -0.4 is 22.4 Å². The van der Waals surface area contributed by atoms with E-state index in [-0.39, 0.29) is 18.5 Å². The number of nitrogens with zero attached hydrogens (tertiary/aromatic N) is 1. The summed E-state index contributed by atoms with van der Waals surface area (Å²) < 4.78 is 5.66. The molecule has 0 aliphatic rings. The van der Waals surface area contributed by atoms with Gasteiger partial charge in [-0.1, -0.05) is 184 Å². The topological polar surface area (TPSA) is 106 Å². The van der Waals surface area contributed by atoms with E-state index in [1.54, 1.807) is 0 Å². The minimum absolute atomic E-state index is 0.0594. The van der Waals surface area contributed by atoms with E-state index in [4.69, 9.17) is 16.4 Å². The summed E-state index contributed by atoms with van der Waals surface area (Å²) >= 11 is 0. The summed E-state index contributed by atoms with van der Waals surface area (Å²) in [6.45, 7) is 4.81. The Balaban J connectivity index is 1.29. The van der Waals surface area contributed by atoms with Gasteiger partial charge >= 0.3 is 5.97 Å². The van der Waals surface area contributed by atoms with Crippen LogP contribution in [0.1, 0.15) is 53.4 Å². The quantitative estimate of drug-likeness (QED) is 0.0286. The van der Waals surface area contributed by atoms with E-state index in [2.05, 4.69) is 83.5 Å². The molecule has 0 spiro atoms. The Labute approximate surface area is 307 Å². The molecule has 6 rings (SSSR count). The number of benzene rings is 6. The number of rotatable bonds is 15. The predicted octanol–water partition coefficient (Wildman–Crippen LogP) is 7.84. The largest absolute Gasteiger partial charge is 0.460 e. The van der Waals surface area contributed by atoms with E-state index in [0.717, 1.165) is 44.5 Å². The molecule has 0 aliphatic carbocycles. The summed E-state index contributed by atoms with van der Waals surface area (Å²) in [6.07, 6.45) is -0.605. The second-order valence-corrected chi connectivity index (χ2v) is 13.3. The lowest BCUT2D eigenvalue weighted by Crippen LogP contribution is -2.58. The highest BCUT2D eigenvalue weighted by Gasteiger charge is 2.44. The first-order valence-electron chi connectivity index (χ1n) is 17.7. The highest BCUT2D eigenvalue weighted by atomic mass is 16.5. The second kappa shape index (κ2) is 17.2. The molecule has 0 fully saturated rings. The lowest BCUT2D eigenvalue weighted by molar-refractivity contribution is -0.148. The van der Waals surface area contributed by atoms with Crippen molar-refractivity contribution in [3.8, 4) is 11.1 Å². The number of nitrogens with one attached hydrogen (secondary N) is 2. The molecule has 0 radical (unpaired) electrons. The maximum Gasteiger partial charge on any atom is 0.323 e. The van der Waals surface area contributed by atoms with Crippen LogP contribution in [0.25, 0.3) is 11.1 Å². The molecule has 7 heteroatoms. The first-order valence-corrected chi connectivity index (χ1v) is 17.7. The van der Waals surface area contributed by atoms with Gasteiger partial charge in [-0.2, -0.15) is 0 Å². The molecule has 0 heterocycles. The van der Waals surface area contributed by atoms with E-state index in [9.17, 15) is 4.79 Å². The average molecular weight is 690 g/mol. The molecule has 6 aromatic rings. The molecule has 52 heavy (non-hydrogen) atoms. The van der Waals surface area contributed by atoms with Crippen molar-refractivity contribution in [1.82, 2.24) is 15.8 Å². The molecule has 7 nitrogen and oxygen atoms in total. The number of hydrazine groups is 2. The monoisotopic (exact) mass is 689 g/mol. The van der Waals surface area contributed by atoms with Crippen molar-refractivity contribution in [1.29, 1.82) is 0 Å². The molecule has 0 bridgehead atoms. The van der Waals surface area contributed by atoms with Gasteiger partial charge in [-0.05, 0) is 50.4 Å². The molecule has 0 saturated heterocycles. The van der Waals surface area contributed by atoms with Gasteiger partial charge in [0.05, 0.1) is 0 Å². The Morgan fingerprint density at radius 2 is 1.13 bits per heavy atom. The third kappa shape index (κ3) is 7.90. The minimum atomic E-state index is -0.904. The van der Waals surface area contributed by atoms with Crippen LogP contribution in [-0.2, 0) is 28.2 Å². The molecule has 6 aromatic carbocycles. The van der Waals surface area contributed by atoms with Crippen LogP contribution in [0.3, 0.4) is 0 Å². The van der Waals surface area contributed by atoms with Gasteiger partial charge in [-0.3, -0.25) is 16.5 Å². The molecular formula is C45H47N5O2. The Morgan fingerprint density at radius 3 is 1.63 bits per heavy atom. The van der Waals surface area contributed by atoms with Crippen molar-refractivity contribution in [2.24, 2.45) is 17.6 Å². The Bertz CT molecular complexity index is 1890. The molecule has 0 aliphatic heterocycles. The molecule has 0 aromatic heterocycles. The Hall–Kier alpha value is -5.41. The normalized spacial score (nSPS) is 12.8. The first-order chi connectivity index (χ1) is 25.4. The van der Waals surface area contributed by atoms with Crippen molar-refractivity contribution in [2.75, 3.05) is 0 Å². The number of carbonyl (C=O) groups is 1. The average Bonchev–Trinajstić information content (AvgIpc) is 3.20. The molecular weight excluding hydrogens is 643 g/mol. The van der Waals surface area contributed by atoms with Gasteiger partial charge in [0.15, 0.2) is 0 Å². The van der Waals surface area contributed by atoms with Crippen molar-refractivity contribution >= 4 is 5.97 Å². The molecule has 0 saturated carbocycles. The number of ether oxygens (including phenoxy) is 1. The van der Waals surface area contributed by atoms with Crippen molar-refractivity contribution < 1.29 is 9.53 Å². The van der Waals surface area contributed by atoms with E-state index in [1.165, 1.54) is 0 Å². The number of nitrogens with two attached hydrogens (primary N) is 2. The highest BCUT2D eigenvalue weighted by Crippen LogP contribution is 2.44. The van der Waals surface area contributed by atoms with Gasteiger partial charge < -0.3 is 10.1 Å². The minimum Gasteiger partial charge on any atom is -0.460 e. The third-order valence-corrected chi connectivity index (χ3v) is 9.59. The van der Waals surface area contributed by atoms with Crippen LogP contribution in [0, 0.1) is 5.92 Å². The summed E-state index contributed by atoms with van der Waals surface area (Å²) in [4.78, 5) is 13.0. The summed E-state index contributed by atoms with van der Waals surface area (Å²) in [5, 5.41) is 5.26.